The Morgan fingerprint density at radius 3 is 2.42 bits per heavy atom. The van der Waals surface area contributed by atoms with Crippen molar-refractivity contribution in [2.45, 2.75) is 12.6 Å². The fourth-order valence-corrected chi connectivity index (χ4v) is 3.05. The number of amides is 3. The van der Waals surface area contributed by atoms with Crippen LogP contribution < -0.4 is 5.32 Å². The Morgan fingerprint density at radius 2 is 1.81 bits per heavy atom. The second-order valence-electron chi connectivity index (χ2n) is 6.48. The highest BCUT2D eigenvalue weighted by atomic mass is 19.4. The van der Waals surface area contributed by atoms with Gasteiger partial charge in [-0.2, -0.15) is 13.2 Å². The molecule has 1 aromatic carbocycles. The van der Waals surface area contributed by atoms with Crippen LogP contribution in [-0.2, 0) is 20.6 Å². The number of alkyl halides is 3. The molecule has 2 aliphatic rings. The molecule has 1 aliphatic carbocycles. The first-order chi connectivity index (χ1) is 12.3. The van der Waals surface area contributed by atoms with Crippen LogP contribution in [0.25, 0.3) is 0 Å². The molecule has 1 N–H and O–H groups in total. The summed E-state index contributed by atoms with van der Waals surface area (Å²) in [6, 6.07) is 4.40. The van der Waals surface area contributed by atoms with E-state index in [0.717, 1.165) is 18.5 Å². The van der Waals surface area contributed by atoms with Gasteiger partial charge in [0, 0.05) is 31.9 Å². The average Bonchev–Trinajstić information content (AvgIpc) is 3.41. The molecule has 26 heavy (non-hydrogen) atoms. The summed E-state index contributed by atoms with van der Waals surface area (Å²) in [4.78, 5) is 38.5. The van der Waals surface area contributed by atoms with E-state index in [4.69, 9.17) is 0 Å². The summed E-state index contributed by atoms with van der Waals surface area (Å²) < 4.78 is 38.1. The number of nitrogens with one attached hydrogen (secondary N) is 1. The number of anilines is 1. The third kappa shape index (κ3) is 3.97. The number of hydrogen-bond donors (Lipinski definition) is 1. The summed E-state index contributed by atoms with van der Waals surface area (Å²) in [5.41, 5.74) is -0.783. The average molecular weight is 369 g/mol. The molecule has 3 amide bonds. The first-order valence-corrected chi connectivity index (χ1v) is 8.26. The van der Waals surface area contributed by atoms with Gasteiger partial charge in [-0.25, -0.2) is 0 Å². The quantitative estimate of drug-likeness (QED) is 0.820. The minimum absolute atomic E-state index is 0.0579. The predicted molar refractivity (Wildman–Crippen MR) is 85.9 cm³/mol. The molecular formula is C17H18F3N3O3. The van der Waals surface area contributed by atoms with E-state index in [-0.39, 0.29) is 11.6 Å². The first-order valence-electron chi connectivity index (χ1n) is 8.26. The van der Waals surface area contributed by atoms with E-state index in [1.807, 2.05) is 0 Å². The van der Waals surface area contributed by atoms with Crippen LogP contribution in [0.4, 0.5) is 18.9 Å². The number of piperazine rings is 1. The molecule has 1 saturated carbocycles. The van der Waals surface area contributed by atoms with Gasteiger partial charge < -0.3 is 15.1 Å². The summed E-state index contributed by atoms with van der Waals surface area (Å²) in [5, 5.41) is 2.46. The highest BCUT2D eigenvalue weighted by molar-refractivity contribution is 5.99. The molecule has 0 spiro atoms. The summed E-state index contributed by atoms with van der Waals surface area (Å²) in [5.74, 6) is -1.56. The van der Waals surface area contributed by atoms with Crippen molar-refractivity contribution in [2.24, 2.45) is 11.8 Å². The van der Waals surface area contributed by atoms with Gasteiger partial charge in [0.15, 0.2) is 0 Å². The maximum absolute atomic E-state index is 12.7. The van der Waals surface area contributed by atoms with Gasteiger partial charge in [0.1, 0.15) is 0 Å². The van der Waals surface area contributed by atoms with Crippen molar-refractivity contribution in [3.05, 3.63) is 29.8 Å². The summed E-state index contributed by atoms with van der Waals surface area (Å²) in [6.07, 6.45) is -3.36. The van der Waals surface area contributed by atoms with E-state index in [0.29, 0.717) is 32.6 Å². The van der Waals surface area contributed by atoms with Gasteiger partial charge >= 0.3 is 6.18 Å². The lowest BCUT2D eigenvalue weighted by Crippen LogP contribution is -2.48. The van der Waals surface area contributed by atoms with Crippen molar-refractivity contribution in [1.29, 1.82) is 0 Å². The summed E-state index contributed by atoms with van der Waals surface area (Å²) >= 11 is 0. The van der Waals surface area contributed by atoms with Crippen molar-refractivity contribution in [3.63, 3.8) is 0 Å². The van der Waals surface area contributed by atoms with E-state index < -0.39 is 29.5 Å². The smallest absolute Gasteiger partial charge is 0.342 e. The van der Waals surface area contributed by atoms with Crippen LogP contribution in [0.3, 0.4) is 0 Å². The predicted octanol–water partition coefficient (Wildman–Crippen LogP) is 1.58. The Hall–Kier alpha value is -2.58. The Balaban J connectivity index is 1.55. The van der Waals surface area contributed by atoms with E-state index in [1.54, 1.807) is 9.80 Å². The minimum atomic E-state index is -4.48. The molecule has 2 atom stereocenters. The standard InChI is InChI=1S/C17H18F3N3O3/c18-17(19,20)11-2-1-3-12(8-11)21-15(25)13-9-14(13)16(26)23-6-4-22(10-24)5-7-23/h1-3,8,10,13-14H,4-7,9H2,(H,21,25). The van der Waals surface area contributed by atoms with E-state index in [1.165, 1.54) is 12.1 Å². The lowest BCUT2D eigenvalue weighted by atomic mass is 10.2. The van der Waals surface area contributed by atoms with Gasteiger partial charge in [0.05, 0.1) is 17.4 Å². The molecule has 140 valence electrons. The van der Waals surface area contributed by atoms with E-state index in [9.17, 15) is 27.6 Å². The van der Waals surface area contributed by atoms with Crippen molar-refractivity contribution in [1.82, 2.24) is 9.80 Å². The molecule has 2 unspecified atom stereocenters. The molecule has 9 heteroatoms. The molecule has 1 heterocycles. The largest absolute Gasteiger partial charge is 0.416 e. The molecule has 0 radical (unpaired) electrons. The Labute approximate surface area is 147 Å². The Bertz CT molecular complexity index is 715. The monoisotopic (exact) mass is 369 g/mol. The fourth-order valence-electron chi connectivity index (χ4n) is 3.05. The lowest BCUT2D eigenvalue weighted by Gasteiger charge is -2.32. The maximum atomic E-state index is 12.7. The van der Waals surface area contributed by atoms with Crippen molar-refractivity contribution < 1.29 is 27.6 Å². The molecule has 1 saturated heterocycles. The number of carbonyl (C=O) groups is 3. The zero-order chi connectivity index (χ0) is 18.9. The van der Waals surface area contributed by atoms with Gasteiger partial charge in [-0.05, 0) is 24.6 Å². The first kappa shape index (κ1) is 18.2. The number of benzene rings is 1. The number of carbonyl (C=O) groups excluding carboxylic acids is 3. The Kier molecular flexibility index (Phi) is 4.88. The second-order valence-corrected chi connectivity index (χ2v) is 6.48. The number of rotatable bonds is 4. The third-order valence-electron chi connectivity index (χ3n) is 4.68. The second kappa shape index (κ2) is 6.97. The maximum Gasteiger partial charge on any atom is 0.416 e. The van der Waals surface area contributed by atoms with E-state index in [2.05, 4.69) is 5.32 Å². The fraction of sp³-hybridized carbons (Fsp3) is 0.471. The molecule has 0 bridgehead atoms. The Morgan fingerprint density at radius 1 is 1.12 bits per heavy atom. The molecule has 1 aliphatic heterocycles. The number of nitrogens with zero attached hydrogens (tertiary/aromatic N) is 2. The molecule has 6 nitrogen and oxygen atoms in total. The van der Waals surface area contributed by atoms with Crippen LogP contribution in [-0.4, -0.2) is 54.2 Å². The van der Waals surface area contributed by atoms with Crippen molar-refractivity contribution in [3.8, 4) is 0 Å². The zero-order valence-electron chi connectivity index (χ0n) is 13.8. The van der Waals surface area contributed by atoms with Crippen LogP contribution >= 0.6 is 0 Å². The zero-order valence-corrected chi connectivity index (χ0v) is 13.8. The van der Waals surface area contributed by atoms with E-state index >= 15 is 0 Å². The van der Waals surface area contributed by atoms with Gasteiger partial charge in [-0.1, -0.05) is 6.07 Å². The van der Waals surface area contributed by atoms with Gasteiger partial charge in [-0.3, -0.25) is 14.4 Å². The van der Waals surface area contributed by atoms with Crippen LogP contribution in [0.1, 0.15) is 12.0 Å². The minimum Gasteiger partial charge on any atom is -0.342 e. The van der Waals surface area contributed by atoms with Crippen LogP contribution in [0.5, 0.6) is 0 Å². The SMILES string of the molecule is O=CN1CCN(C(=O)C2CC2C(=O)Nc2cccc(C(F)(F)F)c2)CC1. The third-order valence-corrected chi connectivity index (χ3v) is 4.68. The summed E-state index contributed by atoms with van der Waals surface area (Å²) in [6.45, 7) is 1.78. The highest BCUT2D eigenvalue weighted by Crippen LogP contribution is 2.41. The van der Waals surface area contributed by atoms with Gasteiger partial charge in [0.25, 0.3) is 0 Å². The van der Waals surface area contributed by atoms with Crippen molar-refractivity contribution >= 4 is 23.9 Å². The summed E-state index contributed by atoms with van der Waals surface area (Å²) in [7, 11) is 0. The lowest BCUT2D eigenvalue weighted by molar-refractivity contribution is -0.137. The van der Waals surface area contributed by atoms with Crippen LogP contribution in [0, 0.1) is 11.8 Å². The van der Waals surface area contributed by atoms with Crippen molar-refractivity contribution in [2.75, 3.05) is 31.5 Å². The molecular weight excluding hydrogens is 351 g/mol. The van der Waals surface area contributed by atoms with Gasteiger partial charge in [0.2, 0.25) is 18.2 Å². The molecule has 2 fully saturated rings. The molecule has 3 rings (SSSR count). The number of halogens is 3. The topological polar surface area (TPSA) is 69.7 Å². The molecule has 1 aromatic rings. The number of hydrogen-bond acceptors (Lipinski definition) is 3. The normalized spacial score (nSPS) is 22.7. The molecule has 0 aromatic heterocycles. The van der Waals surface area contributed by atoms with Gasteiger partial charge in [-0.15, -0.1) is 0 Å². The van der Waals surface area contributed by atoms with Crippen LogP contribution in [0.15, 0.2) is 24.3 Å². The van der Waals surface area contributed by atoms with Crippen LogP contribution in [0.2, 0.25) is 0 Å². The highest BCUT2D eigenvalue weighted by Gasteiger charge is 2.49.